The third-order valence-corrected chi connectivity index (χ3v) is 3.98. The van der Waals surface area contributed by atoms with Crippen molar-refractivity contribution < 1.29 is 14.3 Å². The number of hydrazine groups is 1. The van der Waals surface area contributed by atoms with Crippen LogP contribution in [0.4, 0.5) is 4.79 Å². The molecular weight excluding hydrogens is 282 g/mol. The van der Waals surface area contributed by atoms with Gasteiger partial charge in [0.2, 0.25) is 11.8 Å². The van der Waals surface area contributed by atoms with E-state index in [1.165, 1.54) is 19.3 Å². The van der Waals surface area contributed by atoms with Crippen LogP contribution in [0.1, 0.15) is 37.7 Å². The average Bonchev–Trinajstić information content (AvgIpc) is 3.33. The van der Waals surface area contributed by atoms with E-state index in [9.17, 15) is 4.79 Å². The molecule has 120 valence electrons. The van der Waals surface area contributed by atoms with Crippen molar-refractivity contribution >= 4 is 6.09 Å². The van der Waals surface area contributed by atoms with Crippen LogP contribution in [0.15, 0.2) is 12.1 Å². The molecule has 6 nitrogen and oxygen atoms in total. The monoisotopic (exact) mass is 305 g/mol. The first-order valence-electron chi connectivity index (χ1n) is 8.04. The van der Waals surface area contributed by atoms with E-state index in [1.54, 1.807) is 6.07 Å². The molecule has 2 fully saturated rings. The fraction of sp³-hybridized carbons (Fsp3) is 0.625. The molecule has 22 heavy (non-hydrogen) atoms. The minimum atomic E-state index is -0.494. The van der Waals surface area contributed by atoms with Crippen LogP contribution in [0.25, 0.3) is 0 Å². The number of pyridine rings is 1. The van der Waals surface area contributed by atoms with E-state index in [1.807, 2.05) is 18.0 Å². The average molecular weight is 305 g/mol. The molecule has 1 amide bonds. The van der Waals surface area contributed by atoms with E-state index < -0.39 is 6.09 Å². The molecular formula is C16H23N3O3. The minimum absolute atomic E-state index is 0.269. The highest BCUT2D eigenvalue weighted by atomic mass is 16.6. The van der Waals surface area contributed by atoms with Gasteiger partial charge in [-0.25, -0.2) is 9.80 Å². The molecule has 1 saturated heterocycles. The van der Waals surface area contributed by atoms with Gasteiger partial charge < -0.3 is 9.47 Å². The van der Waals surface area contributed by atoms with E-state index in [0.717, 1.165) is 31.5 Å². The van der Waals surface area contributed by atoms with Gasteiger partial charge in [0.05, 0.1) is 6.61 Å². The van der Waals surface area contributed by atoms with Gasteiger partial charge in [0.1, 0.15) is 0 Å². The van der Waals surface area contributed by atoms with Gasteiger partial charge in [-0.1, -0.05) is 6.42 Å². The molecule has 0 aromatic carbocycles. The smallest absolute Gasteiger partial charge is 0.428 e. The Morgan fingerprint density at radius 3 is 2.82 bits per heavy atom. The number of amides is 1. The Morgan fingerprint density at radius 1 is 1.32 bits per heavy atom. The van der Waals surface area contributed by atoms with Crippen LogP contribution >= 0.6 is 0 Å². The van der Waals surface area contributed by atoms with Gasteiger partial charge in [-0.15, -0.1) is 0 Å². The number of carbonyl (C=O) groups is 1. The summed E-state index contributed by atoms with van der Waals surface area (Å²) in [5.41, 5.74) is 3.70. The van der Waals surface area contributed by atoms with Crippen molar-refractivity contribution in [2.45, 2.75) is 39.0 Å². The molecule has 1 aliphatic carbocycles. The van der Waals surface area contributed by atoms with Crippen molar-refractivity contribution in [1.82, 2.24) is 15.4 Å². The Kier molecular flexibility index (Phi) is 4.77. The van der Waals surface area contributed by atoms with Gasteiger partial charge >= 0.3 is 6.09 Å². The molecule has 1 aromatic rings. The molecule has 0 spiro atoms. The Balaban J connectivity index is 1.53. The number of nitrogens with one attached hydrogen (secondary N) is 1. The molecule has 1 aromatic heterocycles. The second-order valence-corrected chi connectivity index (χ2v) is 6.07. The van der Waals surface area contributed by atoms with E-state index in [-0.39, 0.29) is 5.88 Å². The summed E-state index contributed by atoms with van der Waals surface area (Å²) in [6.07, 6.45) is 5.38. The lowest BCUT2D eigenvalue weighted by Crippen LogP contribution is -2.46. The number of rotatable bonds is 5. The molecule has 6 heteroatoms. The summed E-state index contributed by atoms with van der Waals surface area (Å²) >= 11 is 0. The highest BCUT2D eigenvalue weighted by molar-refractivity contribution is 5.69. The maximum Gasteiger partial charge on any atom is 0.428 e. The largest absolute Gasteiger partial charge is 0.477 e. The van der Waals surface area contributed by atoms with Gasteiger partial charge in [-0.05, 0) is 44.6 Å². The number of hydrogen-bond donors (Lipinski definition) is 1. The predicted molar refractivity (Wildman–Crippen MR) is 81.8 cm³/mol. The fourth-order valence-corrected chi connectivity index (χ4v) is 2.43. The van der Waals surface area contributed by atoms with E-state index in [2.05, 4.69) is 10.4 Å². The predicted octanol–water partition coefficient (Wildman–Crippen LogP) is 2.67. The van der Waals surface area contributed by atoms with Gasteiger partial charge in [-0.2, -0.15) is 4.98 Å². The van der Waals surface area contributed by atoms with Crippen molar-refractivity contribution in [3.63, 3.8) is 0 Å². The van der Waals surface area contributed by atoms with E-state index in [4.69, 9.17) is 9.47 Å². The second-order valence-electron chi connectivity index (χ2n) is 6.07. The zero-order chi connectivity index (χ0) is 15.4. The van der Waals surface area contributed by atoms with Gasteiger partial charge in [-0.3, -0.25) is 5.43 Å². The first-order chi connectivity index (χ1) is 10.7. The molecule has 1 aliphatic heterocycles. The fourth-order valence-electron chi connectivity index (χ4n) is 2.43. The number of hydrogen-bond acceptors (Lipinski definition) is 5. The lowest BCUT2D eigenvalue weighted by Gasteiger charge is -2.26. The quantitative estimate of drug-likeness (QED) is 0.906. The summed E-state index contributed by atoms with van der Waals surface area (Å²) in [5.74, 6) is 1.48. The molecule has 2 heterocycles. The van der Waals surface area contributed by atoms with Crippen LogP contribution in [0, 0.1) is 12.8 Å². The van der Waals surface area contributed by atoms with Crippen LogP contribution in [0.3, 0.4) is 0 Å². The third-order valence-electron chi connectivity index (χ3n) is 3.98. The minimum Gasteiger partial charge on any atom is -0.477 e. The zero-order valence-corrected chi connectivity index (χ0v) is 13.0. The molecule has 1 saturated carbocycles. The number of ether oxygens (including phenoxy) is 2. The summed E-state index contributed by atoms with van der Waals surface area (Å²) in [4.78, 5) is 16.2. The Hall–Kier alpha value is -1.82. The van der Waals surface area contributed by atoms with Crippen LogP contribution in [0.2, 0.25) is 0 Å². The van der Waals surface area contributed by atoms with Gasteiger partial charge in [0.15, 0.2) is 0 Å². The number of piperidine rings is 1. The summed E-state index contributed by atoms with van der Waals surface area (Å²) in [5, 5.41) is 1.89. The summed E-state index contributed by atoms with van der Waals surface area (Å²) < 4.78 is 11.0. The number of aryl methyl sites for hydroxylation is 1. The first kappa shape index (κ1) is 15.1. The Bertz CT molecular complexity index is 525. The van der Waals surface area contributed by atoms with Crippen molar-refractivity contribution in [3.8, 4) is 11.8 Å². The van der Waals surface area contributed by atoms with Crippen LogP contribution < -0.4 is 14.9 Å². The van der Waals surface area contributed by atoms with Crippen molar-refractivity contribution in [1.29, 1.82) is 0 Å². The van der Waals surface area contributed by atoms with Crippen molar-refractivity contribution in [2.75, 3.05) is 19.7 Å². The SMILES string of the molecule is Cc1ccc(OC(=O)NN2CCCCC2)nc1OCC1CC1. The molecule has 1 N–H and O–H groups in total. The van der Waals surface area contributed by atoms with E-state index >= 15 is 0 Å². The lowest BCUT2D eigenvalue weighted by atomic mass is 10.2. The molecule has 2 aliphatic rings. The molecule has 0 radical (unpaired) electrons. The first-order valence-corrected chi connectivity index (χ1v) is 8.04. The summed E-state index contributed by atoms with van der Waals surface area (Å²) in [6.45, 7) is 4.36. The lowest BCUT2D eigenvalue weighted by molar-refractivity contribution is 0.127. The van der Waals surface area contributed by atoms with E-state index in [0.29, 0.717) is 18.4 Å². The maximum atomic E-state index is 11.9. The number of aromatic nitrogens is 1. The molecule has 3 rings (SSSR count). The summed E-state index contributed by atoms with van der Waals surface area (Å²) in [7, 11) is 0. The van der Waals surface area contributed by atoms with Crippen molar-refractivity contribution in [2.24, 2.45) is 5.92 Å². The van der Waals surface area contributed by atoms with Crippen LogP contribution in [0.5, 0.6) is 11.8 Å². The number of nitrogens with zero attached hydrogens (tertiary/aromatic N) is 2. The Labute approximate surface area is 130 Å². The topological polar surface area (TPSA) is 63.7 Å². The second kappa shape index (κ2) is 6.96. The highest BCUT2D eigenvalue weighted by Gasteiger charge is 2.22. The molecule has 0 bridgehead atoms. The summed E-state index contributed by atoms with van der Waals surface area (Å²) in [6, 6.07) is 3.55. The highest BCUT2D eigenvalue weighted by Crippen LogP contribution is 2.30. The van der Waals surface area contributed by atoms with Gasteiger partial charge in [0.25, 0.3) is 0 Å². The third kappa shape index (κ3) is 4.34. The molecule has 0 atom stereocenters. The standard InChI is InChI=1S/C16H23N3O3/c1-12-5-8-14(17-15(12)21-11-13-6-7-13)22-16(20)18-19-9-3-2-4-10-19/h5,8,13H,2-4,6-7,9-11H2,1H3,(H,18,20). The van der Waals surface area contributed by atoms with Crippen molar-refractivity contribution in [3.05, 3.63) is 17.7 Å². The van der Waals surface area contributed by atoms with Gasteiger partial charge in [0, 0.05) is 24.7 Å². The zero-order valence-electron chi connectivity index (χ0n) is 13.0. The normalized spacial score (nSPS) is 18.8. The number of carbonyl (C=O) groups excluding carboxylic acids is 1. The Morgan fingerprint density at radius 2 is 2.09 bits per heavy atom. The van der Waals surface area contributed by atoms with Crippen LogP contribution in [-0.4, -0.2) is 35.8 Å². The molecule has 0 unspecified atom stereocenters. The maximum absolute atomic E-state index is 11.9. The van der Waals surface area contributed by atoms with Crippen LogP contribution in [-0.2, 0) is 0 Å².